The van der Waals surface area contributed by atoms with Gasteiger partial charge in [0.2, 0.25) is 0 Å². The predicted molar refractivity (Wildman–Crippen MR) is 126 cm³/mol. The molecule has 8 heteroatoms. The van der Waals surface area contributed by atoms with Crippen molar-refractivity contribution in [3.63, 3.8) is 0 Å². The maximum Gasteiger partial charge on any atom is 0.416 e. The third kappa shape index (κ3) is 7.09. The summed E-state index contributed by atoms with van der Waals surface area (Å²) in [6.07, 6.45) is -3.50. The van der Waals surface area contributed by atoms with E-state index in [2.05, 4.69) is 5.32 Å². The third-order valence-corrected chi connectivity index (χ3v) is 5.66. The fraction of sp³-hybridized carbons (Fsp3) is 0.259. The van der Waals surface area contributed by atoms with Gasteiger partial charge in [-0.2, -0.15) is 13.2 Å². The number of carboxylic acids is 1. The highest BCUT2D eigenvalue weighted by Gasteiger charge is 2.29. The van der Waals surface area contributed by atoms with E-state index < -0.39 is 17.7 Å². The molecule has 0 heterocycles. The number of carbonyl (C=O) groups excluding carboxylic acids is 1. The van der Waals surface area contributed by atoms with Gasteiger partial charge in [0.15, 0.2) is 0 Å². The quantitative estimate of drug-likeness (QED) is 0.384. The maximum atomic E-state index is 12.7. The van der Waals surface area contributed by atoms with Gasteiger partial charge in [0, 0.05) is 24.1 Å². The number of halogens is 3. The number of carbonyl (C=O) groups is 2. The average molecular weight is 486 g/mol. The van der Waals surface area contributed by atoms with Gasteiger partial charge in [-0.3, -0.25) is 9.59 Å². The van der Waals surface area contributed by atoms with E-state index in [0.29, 0.717) is 41.0 Å². The Morgan fingerprint density at radius 1 is 0.971 bits per heavy atom. The standard InChI is InChI=1S/C27H26F3NO4/c1-17-16-22(12-8-20(17)9-13-25(32)33)35-24-5-3-4-23(18(24)2)26(34)31-15-14-19-6-10-21(11-7-19)27(28,29)30/h3-8,10-12,16H,9,13-15H2,1-2H3,(H,31,34)(H,32,33). The van der Waals surface area contributed by atoms with E-state index in [1.165, 1.54) is 12.1 Å². The van der Waals surface area contributed by atoms with Gasteiger partial charge < -0.3 is 15.2 Å². The van der Waals surface area contributed by atoms with Gasteiger partial charge in [-0.25, -0.2) is 0 Å². The van der Waals surface area contributed by atoms with E-state index in [9.17, 15) is 22.8 Å². The van der Waals surface area contributed by atoms with Crippen molar-refractivity contribution >= 4 is 11.9 Å². The smallest absolute Gasteiger partial charge is 0.416 e. The number of amides is 1. The molecule has 0 saturated carbocycles. The highest BCUT2D eigenvalue weighted by Crippen LogP contribution is 2.30. The predicted octanol–water partition coefficient (Wildman–Crippen LogP) is 6.10. The minimum Gasteiger partial charge on any atom is -0.481 e. The first-order valence-corrected chi connectivity index (χ1v) is 11.1. The number of nitrogens with one attached hydrogen (secondary N) is 1. The molecule has 0 unspecified atom stereocenters. The minimum atomic E-state index is -4.38. The molecule has 35 heavy (non-hydrogen) atoms. The molecule has 3 rings (SSSR count). The lowest BCUT2D eigenvalue weighted by Crippen LogP contribution is -2.26. The van der Waals surface area contributed by atoms with Gasteiger partial charge in [-0.05, 0) is 79.8 Å². The fourth-order valence-corrected chi connectivity index (χ4v) is 3.63. The van der Waals surface area contributed by atoms with Gasteiger partial charge in [0.05, 0.1) is 5.56 Å². The van der Waals surface area contributed by atoms with Crippen molar-refractivity contribution in [2.75, 3.05) is 6.54 Å². The van der Waals surface area contributed by atoms with Crippen LogP contribution in [-0.2, 0) is 23.8 Å². The number of rotatable bonds is 9. The molecular weight excluding hydrogens is 459 g/mol. The van der Waals surface area contributed by atoms with Crippen LogP contribution in [0.15, 0.2) is 60.7 Å². The number of aryl methyl sites for hydroxylation is 2. The molecule has 0 radical (unpaired) electrons. The van der Waals surface area contributed by atoms with Crippen molar-refractivity contribution in [3.8, 4) is 11.5 Å². The first kappa shape index (κ1) is 25.8. The van der Waals surface area contributed by atoms with Gasteiger partial charge in [-0.1, -0.05) is 24.3 Å². The van der Waals surface area contributed by atoms with Gasteiger partial charge in [0.1, 0.15) is 11.5 Å². The summed E-state index contributed by atoms with van der Waals surface area (Å²) in [5, 5.41) is 11.7. The monoisotopic (exact) mass is 485 g/mol. The van der Waals surface area contributed by atoms with Crippen LogP contribution in [0.3, 0.4) is 0 Å². The summed E-state index contributed by atoms with van der Waals surface area (Å²) in [5.74, 6) is -0.0718. The van der Waals surface area contributed by atoms with E-state index in [4.69, 9.17) is 9.84 Å². The van der Waals surface area contributed by atoms with Crippen molar-refractivity contribution in [2.24, 2.45) is 0 Å². The first-order valence-electron chi connectivity index (χ1n) is 11.1. The van der Waals surface area contributed by atoms with Crippen LogP contribution in [0.5, 0.6) is 11.5 Å². The van der Waals surface area contributed by atoms with Gasteiger partial charge in [-0.15, -0.1) is 0 Å². The number of carboxylic acid groups (broad SMARTS) is 1. The van der Waals surface area contributed by atoms with Crippen molar-refractivity contribution in [1.82, 2.24) is 5.32 Å². The Hall–Kier alpha value is -3.81. The van der Waals surface area contributed by atoms with Crippen LogP contribution in [0.2, 0.25) is 0 Å². The summed E-state index contributed by atoms with van der Waals surface area (Å²) in [6, 6.07) is 15.4. The number of ether oxygens (including phenoxy) is 1. The zero-order valence-corrected chi connectivity index (χ0v) is 19.4. The molecule has 0 aliphatic carbocycles. The normalized spacial score (nSPS) is 11.2. The third-order valence-electron chi connectivity index (χ3n) is 5.66. The second-order valence-corrected chi connectivity index (χ2v) is 8.21. The Balaban J connectivity index is 1.61. The second-order valence-electron chi connectivity index (χ2n) is 8.21. The molecule has 3 aromatic rings. The fourth-order valence-electron chi connectivity index (χ4n) is 3.63. The topological polar surface area (TPSA) is 75.6 Å². The summed E-state index contributed by atoms with van der Waals surface area (Å²) in [5.41, 5.74) is 2.91. The maximum absolute atomic E-state index is 12.7. The van der Waals surface area contributed by atoms with E-state index in [1.807, 2.05) is 19.1 Å². The van der Waals surface area contributed by atoms with Crippen molar-refractivity contribution in [2.45, 2.75) is 39.3 Å². The Labute approximate surface area is 201 Å². The Bertz CT molecular complexity index is 1200. The van der Waals surface area contributed by atoms with Crippen LogP contribution < -0.4 is 10.1 Å². The van der Waals surface area contributed by atoms with Gasteiger partial charge >= 0.3 is 12.1 Å². The van der Waals surface area contributed by atoms with E-state index in [-0.39, 0.29) is 18.9 Å². The van der Waals surface area contributed by atoms with E-state index in [0.717, 1.165) is 23.3 Å². The summed E-state index contributed by atoms with van der Waals surface area (Å²) >= 11 is 0. The number of benzene rings is 3. The lowest BCUT2D eigenvalue weighted by atomic mass is 10.0. The number of hydrogen-bond donors (Lipinski definition) is 2. The molecule has 0 fully saturated rings. The van der Waals surface area contributed by atoms with E-state index in [1.54, 1.807) is 31.2 Å². The van der Waals surface area contributed by atoms with Crippen molar-refractivity contribution in [1.29, 1.82) is 0 Å². The zero-order chi connectivity index (χ0) is 25.6. The highest BCUT2D eigenvalue weighted by atomic mass is 19.4. The molecule has 2 N–H and O–H groups in total. The molecule has 0 saturated heterocycles. The molecule has 3 aromatic carbocycles. The average Bonchev–Trinajstić information content (AvgIpc) is 2.79. The second kappa shape index (κ2) is 11.1. The summed E-state index contributed by atoms with van der Waals surface area (Å²) in [4.78, 5) is 23.5. The minimum absolute atomic E-state index is 0.0518. The first-order chi connectivity index (χ1) is 16.5. The molecule has 0 spiro atoms. The molecule has 5 nitrogen and oxygen atoms in total. The summed E-state index contributed by atoms with van der Waals surface area (Å²) < 4.78 is 44.0. The molecule has 0 aromatic heterocycles. The zero-order valence-electron chi connectivity index (χ0n) is 19.4. The molecular formula is C27H26F3NO4. The Kier molecular flexibility index (Phi) is 8.17. The van der Waals surface area contributed by atoms with Crippen LogP contribution in [0.1, 0.15) is 44.6 Å². The van der Waals surface area contributed by atoms with Crippen LogP contribution in [-0.4, -0.2) is 23.5 Å². The number of aliphatic carboxylic acids is 1. The van der Waals surface area contributed by atoms with E-state index >= 15 is 0 Å². The van der Waals surface area contributed by atoms with Crippen LogP contribution >= 0.6 is 0 Å². The number of alkyl halides is 3. The molecule has 0 atom stereocenters. The SMILES string of the molecule is Cc1cc(Oc2cccc(C(=O)NCCc3ccc(C(F)(F)F)cc3)c2C)ccc1CCC(=O)O. The van der Waals surface area contributed by atoms with Crippen LogP contribution in [0.25, 0.3) is 0 Å². The highest BCUT2D eigenvalue weighted by molar-refractivity contribution is 5.96. The molecule has 0 aliphatic rings. The Morgan fingerprint density at radius 3 is 2.31 bits per heavy atom. The van der Waals surface area contributed by atoms with Crippen LogP contribution in [0.4, 0.5) is 13.2 Å². The van der Waals surface area contributed by atoms with Crippen molar-refractivity contribution < 1.29 is 32.6 Å². The largest absolute Gasteiger partial charge is 0.481 e. The van der Waals surface area contributed by atoms with Gasteiger partial charge in [0.25, 0.3) is 5.91 Å². The lowest BCUT2D eigenvalue weighted by molar-refractivity contribution is -0.138. The summed E-state index contributed by atoms with van der Waals surface area (Å²) in [6.45, 7) is 3.93. The number of hydrogen-bond acceptors (Lipinski definition) is 3. The van der Waals surface area contributed by atoms with Crippen molar-refractivity contribution in [3.05, 3.63) is 94.0 Å². The van der Waals surface area contributed by atoms with Crippen LogP contribution in [0, 0.1) is 13.8 Å². The molecule has 1 amide bonds. The lowest BCUT2D eigenvalue weighted by Gasteiger charge is -2.14. The summed E-state index contributed by atoms with van der Waals surface area (Å²) in [7, 11) is 0. The Morgan fingerprint density at radius 2 is 1.69 bits per heavy atom. The molecule has 0 bridgehead atoms. The molecule has 184 valence electrons. The molecule has 0 aliphatic heterocycles.